The number of phenols is 2. The van der Waals surface area contributed by atoms with Gasteiger partial charge in [-0.1, -0.05) is 0 Å². The molecule has 3 N–H and O–H groups in total. The van der Waals surface area contributed by atoms with Crippen molar-refractivity contribution in [2.45, 2.75) is 0 Å². The highest BCUT2D eigenvalue weighted by Crippen LogP contribution is 2.26. The molecule has 0 atom stereocenters. The first-order valence-electron chi connectivity index (χ1n) is 3.61. The zero-order chi connectivity index (χ0) is 10.3. The van der Waals surface area contributed by atoms with Crippen molar-refractivity contribution in [2.24, 2.45) is 0 Å². The van der Waals surface area contributed by atoms with Crippen LogP contribution in [-0.2, 0) is 0 Å². The second-order valence-corrected chi connectivity index (χ2v) is 2.61. The summed E-state index contributed by atoms with van der Waals surface area (Å²) >= 11 is 0. The van der Waals surface area contributed by atoms with Crippen LogP contribution in [0.5, 0.6) is 11.5 Å². The summed E-state index contributed by atoms with van der Waals surface area (Å²) in [6.07, 6.45) is 0. The summed E-state index contributed by atoms with van der Waals surface area (Å²) in [5, 5.41) is 33.6. The van der Waals surface area contributed by atoms with E-state index < -0.39 is 5.56 Å². The number of rotatable bonds is 0. The van der Waals surface area contributed by atoms with E-state index in [1.807, 2.05) is 0 Å². The van der Waals surface area contributed by atoms with Crippen LogP contribution < -0.4 is 5.56 Å². The van der Waals surface area contributed by atoms with Gasteiger partial charge in [0.25, 0.3) is 0 Å². The summed E-state index contributed by atoms with van der Waals surface area (Å²) in [5.74, 6) is -0.663. The largest absolute Gasteiger partial charge is 0.507 e. The Labute approximate surface area is 76.4 Å². The molecule has 1 aromatic heterocycles. The van der Waals surface area contributed by atoms with Crippen molar-refractivity contribution in [3.05, 3.63) is 22.5 Å². The molecule has 2 aromatic rings. The normalized spacial score (nSPS) is 10.6. The van der Waals surface area contributed by atoms with Crippen LogP contribution in [0.25, 0.3) is 10.9 Å². The Bertz CT molecular complexity index is 563. The minimum absolute atomic E-state index is 0.0124. The molecule has 72 valence electrons. The van der Waals surface area contributed by atoms with Gasteiger partial charge in [-0.3, -0.25) is 4.79 Å². The van der Waals surface area contributed by atoms with Crippen molar-refractivity contribution in [2.75, 3.05) is 0 Å². The van der Waals surface area contributed by atoms with Gasteiger partial charge in [0, 0.05) is 0 Å². The molecule has 0 aliphatic carbocycles. The van der Waals surface area contributed by atoms with Gasteiger partial charge >= 0.3 is 5.56 Å². The van der Waals surface area contributed by atoms with Crippen LogP contribution in [0.15, 0.2) is 16.9 Å². The van der Waals surface area contributed by atoms with Crippen molar-refractivity contribution in [3.63, 3.8) is 0 Å². The van der Waals surface area contributed by atoms with Crippen molar-refractivity contribution >= 4 is 10.9 Å². The average Bonchev–Trinajstić information content (AvgIpc) is 2.16. The molecular weight excluding hydrogens is 190 g/mol. The molecule has 0 amide bonds. The van der Waals surface area contributed by atoms with Crippen molar-refractivity contribution in [3.8, 4) is 11.5 Å². The molecule has 0 aliphatic rings. The van der Waals surface area contributed by atoms with Crippen molar-refractivity contribution in [1.82, 2.24) is 15.2 Å². The van der Waals surface area contributed by atoms with E-state index in [0.29, 0.717) is 0 Å². The molecule has 0 bridgehead atoms. The molecule has 0 aliphatic heterocycles. The topological polar surface area (TPSA) is 108 Å². The number of aromatic hydroxyl groups is 2. The van der Waals surface area contributed by atoms with E-state index in [4.69, 9.17) is 5.21 Å². The maximum absolute atomic E-state index is 11.2. The minimum atomic E-state index is -0.941. The zero-order valence-corrected chi connectivity index (χ0v) is 6.75. The predicted octanol–water partition coefficient (Wildman–Crippen LogP) is -0.560. The lowest BCUT2D eigenvalue weighted by Crippen LogP contribution is -2.21. The molecule has 0 saturated carbocycles. The summed E-state index contributed by atoms with van der Waals surface area (Å²) in [6, 6.07) is 2.30. The van der Waals surface area contributed by atoms with Gasteiger partial charge in [0.2, 0.25) is 0 Å². The van der Waals surface area contributed by atoms with Gasteiger partial charge in [-0.15, -0.1) is 5.10 Å². The maximum atomic E-state index is 11.2. The van der Waals surface area contributed by atoms with Crippen LogP contribution in [-0.4, -0.2) is 30.6 Å². The lowest BCUT2D eigenvalue weighted by atomic mass is 10.2. The van der Waals surface area contributed by atoms with Gasteiger partial charge in [-0.05, 0) is 22.2 Å². The Morgan fingerprint density at radius 1 is 1.21 bits per heavy atom. The van der Waals surface area contributed by atoms with E-state index in [2.05, 4.69) is 10.3 Å². The highest BCUT2D eigenvalue weighted by atomic mass is 16.5. The van der Waals surface area contributed by atoms with E-state index >= 15 is 0 Å². The molecular formula is C7H5N3O4. The summed E-state index contributed by atoms with van der Waals surface area (Å²) in [4.78, 5) is 11.2. The molecule has 7 heteroatoms. The number of hydrogen-bond donors (Lipinski definition) is 3. The SMILES string of the molecule is O=c1c2c(O)ccc(O)c2nnn1O. The number of hydrogen-bond acceptors (Lipinski definition) is 6. The number of aromatic nitrogens is 3. The Balaban J connectivity index is 3.09. The Hall–Kier alpha value is -2.31. The smallest absolute Gasteiger partial charge is 0.317 e. The second kappa shape index (κ2) is 2.59. The van der Waals surface area contributed by atoms with Crippen molar-refractivity contribution < 1.29 is 15.4 Å². The summed E-state index contributed by atoms with van der Waals surface area (Å²) in [6.45, 7) is 0. The predicted molar refractivity (Wildman–Crippen MR) is 44.3 cm³/mol. The molecule has 7 nitrogen and oxygen atoms in total. The average molecular weight is 195 g/mol. The van der Waals surface area contributed by atoms with E-state index in [1.54, 1.807) is 0 Å². The first-order chi connectivity index (χ1) is 6.61. The Morgan fingerprint density at radius 2 is 1.86 bits per heavy atom. The summed E-state index contributed by atoms with van der Waals surface area (Å²) in [5.41, 5.74) is -1.09. The third-order valence-electron chi connectivity index (χ3n) is 1.76. The van der Waals surface area contributed by atoms with Crippen LogP contribution in [0.4, 0.5) is 0 Å². The highest BCUT2D eigenvalue weighted by Gasteiger charge is 2.12. The lowest BCUT2D eigenvalue weighted by molar-refractivity contribution is 0.127. The van der Waals surface area contributed by atoms with Gasteiger partial charge in [0.15, 0.2) is 0 Å². The number of benzene rings is 1. The number of fused-ring (bicyclic) bond motifs is 1. The second-order valence-electron chi connectivity index (χ2n) is 2.61. The highest BCUT2D eigenvalue weighted by molar-refractivity contribution is 5.88. The third-order valence-corrected chi connectivity index (χ3v) is 1.76. The summed E-state index contributed by atoms with van der Waals surface area (Å²) < 4.78 is 0. The van der Waals surface area contributed by atoms with E-state index in [1.165, 1.54) is 6.07 Å². The van der Waals surface area contributed by atoms with E-state index in [0.717, 1.165) is 6.07 Å². The zero-order valence-electron chi connectivity index (χ0n) is 6.75. The molecule has 0 unspecified atom stereocenters. The molecule has 2 rings (SSSR count). The molecule has 0 fully saturated rings. The lowest BCUT2D eigenvalue weighted by Gasteiger charge is -2.01. The van der Waals surface area contributed by atoms with Crippen LogP contribution in [0.2, 0.25) is 0 Å². The fourth-order valence-corrected chi connectivity index (χ4v) is 1.11. The van der Waals surface area contributed by atoms with Crippen LogP contribution in [0, 0.1) is 0 Å². The number of phenolic OH excluding ortho intramolecular Hbond substituents is 2. The molecule has 1 aromatic carbocycles. The first-order valence-corrected chi connectivity index (χ1v) is 3.61. The van der Waals surface area contributed by atoms with Gasteiger partial charge < -0.3 is 15.4 Å². The molecule has 0 radical (unpaired) electrons. The maximum Gasteiger partial charge on any atom is 0.317 e. The number of nitrogens with zero attached hydrogens (tertiary/aromatic N) is 3. The van der Waals surface area contributed by atoms with Crippen LogP contribution >= 0.6 is 0 Å². The third kappa shape index (κ3) is 0.954. The van der Waals surface area contributed by atoms with Gasteiger partial charge in [0.05, 0.1) is 0 Å². The standard InChI is InChI=1S/C7H5N3O4/c11-3-1-2-4(12)6-5(3)7(13)10(14)9-8-6/h1-2,11-12,14H. The van der Waals surface area contributed by atoms with Crippen LogP contribution in [0.1, 0.15) is 0 Å². The van der Waals surface area contributed by atoms with Gasteiger partial charge in [0.1, 0.15) is 22.4 Å². The van der Waals surface area contributed by atoms with Gasteiger partial charge in [-0.2, -0.15) is 0 Å². The van der Waals surface area contributed by atoms with E-state index in [9.17, 15) is 15.0 Å². The first kappa shape index (κ1) is 8.30. The molecule has 14 heavy (non-hydrogen) atoms. The molecule has 0 spiro atoms. The fraction of sp³-hybridized carbons (Fsp3) is 0. The fourth-order valence-electron chi connectivity index (χ4n) is 1.11. The minimum Gasteiger partial charge on any atom is -0.507 e. The Kier molecular flexibility index (Phi) is 1.53. The van der Waals surface area contributed by atoms with Gasteiger partial charge in [-0.25, -0.2) is 0 Å². The molecule has 0 saturated heterocycles. The quantitative estimate of drug-likeness (QED) is 0.384. The Morgan fingerprint density at radius 3 is 2.57 bits per heavy atom. The molecule has 1 heterocycles. The van der Waals surface area contributed by atoms with Crippen molar-refractivity contribution in [1.29, 1.82) is 0 Å². The summed E-state index contributed by atoms with van der Waals surface area (Å²) in [7, 11) is 0. The van der Waals surface area contributed by atoms with E-state index in [-0.39, 0.29) is 27.2 Å². The van der Waals surface area contributed by atoms with Crippen LogP contribution in [0.3, 0.4) is 0 Å². The monoisotopic (exact) mass is 195 g/mol.